The highest BCUT2D eigenvalue weighted by atomic mass is 16.4. The molecule has 3 saturated heterocycles. The molecule has 1 aromatic carbocycles. The van der Waals surface area contributed by atoms with Crippen LogP contribution in [0.1, 0.15) is 24.4 Å². The minimum absolute atomic E-state index is 0.372. The van der Waals surface area contributed by atoms with Crippen molar-refractivity contribution in [2.45, 2.75) is 31.0 Å². The predicted octanol–water partition coefficient (Wildman–Crippen LogP) is 1.59. The van der Waals surface area contributed by atoms with Crippen molar-refractivity contribution in [2.75, 3.05) is 20.1 Å². The molecule has 1 N–H and O–H groups in total. The van der Waals surface area contributed by atoms with Crippen LogP contribution in [0, 0.1) is 0 Å². The van der Waals surface area contributed by atoms with Crippen molar-refractivity contribution in [1.82, 2.24) is 9.80 Å². The van der Waals surface area contributed by atoms with E-state index >= 15 is 0 Å². The van der Waals surface area contributed by atoms with Gasteiger partial charge in [-0.15, -0.1) is 0 Å². The second-order valence-corrected chi connectivity index (χ2v) is 5.67. The lowest BCUT2D eigenvalue weighted by Crippen LogP contribution is -2.62. The summed E-state index contributed by atoms with van der Waals surface area (Å²) in [5.74, 6) is -0.735. The number of fused-ring (bicyclic) bond motifs is 3. The Bertz CT molecular complexity index is 462. The Kier molecular flexibility index (Phi) is 3.29. The first-order chi connectivity index (χ1) is 9.16. The highest BCUT2D eigenvalue weighted by molar-refractivity contribution is 5.75. The minimum Gasteiger partial charge on any atom is -0.480 e. The second kappa shape index (κ2) is 4.94. The Balaban J connectivity index is 1.88. The molecular weight excluding hydrogens is 240 g/mol. The van der Waals surface area contributed by atoms with Crippen LogP contribution in [0.15, 0.2) is 30.3 Å². The number of hydrogen-bond donors (Lipinski definition) is 1. The third-order valence-electron chi connectivity index (χ3n) is 4.53. The first kappa shape index (κ1) is 12.6. The van der Waals surface area contributed by atoms with Crippen molar-refractivity contribution < 1.29 is 9.90 Å². The van der Waals surface area contributed by atoms with Gasteiger partial charge in [0.1, 0.15) is 6.04 Å². The number of rotatable bonds is 3. The van der Waals surface area contributed by atoms with Crippen molar-refractivity contribution in [2.24, 2.45) is 0 Å². The molecule has 2 bridgehead atoms. The summed E-state index contributed by atoms with van der Waals surface area (Å²) in [4.78, 5) is 16.3. The summed E-state index contributed by atoms with van der Waals surface area (Å²) in [6.45, 7) is 1.86. The largest absolute Gasteiger partial charge is 0.480 e. The third kappa shape index (κ3) is 2.26. The van der Waals surface area contributed by atoms with Gasteiger partial charge in [0.25, 0.3) is 0 Å². The molecule has 3 aliphatic heterocycles. The summed E-state index contributed by atoms with van der Waals surface area (Å²) >= 11 is 0. The van der Waals surface area contributed by atoms with E-state index in [1.165, 1.54) is 6.42 Å². The molecule has 0 spiro atoms. The van der Waals surface area contributed by atoms with Gasteiger partial charge < -0.3 is 10.0 Å². The molecule has 3 heterocycles. The summed E-state index contributed by atoms with van der Waals surface area (Å²) in [5, 5.41) is 9.62. The monoisotopic (exact) mass is 260 g/mol. The molecule has 3 atom stereocenters. The Morgan fingerprint density at radius 2 is 1.89 bits per heavy atom. The van der Waals surface area contributed by atoms with Crippen molar-refractivity contribution in [3.05, 3.63) is 35.9 Å². The van der Waals surface area contributed by atoms with E-state index in [-0.39, 0.29) is 0 Å². The average Bonchev–Trinajstić information content (AvgIpc) is 2.41. The third-order valence-corrected chi connectivity index (χ3v) is 4.53. The molecule has 0 aliphatic carbocycles. The number of piperidine rings is 2. The zero-order valence-electron chi connectivity index (χ0n) is 11.2. The van der Waals surface area contributed by atoms with E-state index in [0.717, 1.165) is 25.1 Å². The lowest BCUT2D eigenvalue weighted by Gasteiger charge is -2.52. The standard InChI is InChI=1S/C15H20N2O2/c1-16-9-13-8-7-12(16)10-17(13)14(15(18)19)11-5-3-2-4-6-11/h2-6,12-14H,7-10H2,1H3,(H,18,19). The molecule has 0 amide bonds. The van der Waals surface area contributed by atoms with Crippen LogP contribution in [0.5, 0.6) is 0 Å². The van der Waals surface area contributed by atoms with Gasteiger partial charge in [-0.3, -0.25) is 9.69 Å². The molecule has 0 radical (unpaired) electrons. The fourth-order valence-electron chi connectivity index (χ4n) is 3.50. The lowest BCUT2D eigenvalue weighted by molar-refractivity contribution is -0.148. The van der Waals surface area contributed by atoms with Gasteiger partial charge in [-0.1, -0.05) is 30.3 Å². The minimum atomic E-state index is -0.735. The quantitative estimate of drug-likeness (QED) is 0.896. The van der Waals surface area contributed by atoms with Gasteiger partial charge in [0.2, 0.25) is 0 Å². The number of benzene rings is 1. The SMILES string of the molecule is CN1CC2CCC1CN2C(C(=O)O)c1ccccc1. The van der Waals surface area contributed by atoms with Crippen LogP contribution < -0.4 is 0 Å². The highest BCUT2D eigenvalue weighted by Gasteiger charge is 2.42. The van der Waals surface area contributed by atoms with E-state index in [1.54, 1.807) is 0 Å². The Hall–Kier alpha value is -1.39. The second-order valence-electron chi connectivity index (χ2n) is 5.67. The Labute approximate surface area is 113 Å². The summed E-state index contributed by atoms with van der Waals surface area (Å²) in [6.07, 6.45) is 2.31. The zero-order chi connectivity index (χ0) is 13.4. The van der Waals surface area contributed by atoms with E-state index in [9.17, 15) is 9.90 Å². The van der Waals surface area contributed by atoms with Gasteiger partial charge in [0.15, 0.2) is 0 Å². The molecule has 102 valence electrons. The first-order valence-electron chi connectivity index (χ1n) is 6.90. The molecule has 3 aliphatic rings. The number of hydrogen-bond acceptors (Lipinski definition) is 3. The van der Waals surface area contributed by atoms with Crippen molar-refractivity contribution >= 4 is 5.97 Å². The smallest absolute Gasteiger partial charge is 0.325 e. The van der Waals surface area contributed by atoms with Gasteiger partial charge in [-0.2, -0.15) is 0 Å². The van der Waals surface area contributed by atoms with Crippen LogP contribution in [0.4, 0.5) is 0 Å². The van der Waals surface area contributed by atoms with Gasteiger partial charge >= 0.3 is 5.97 Å². The lowest BCUT2D eigenvalue weighted by atomic mass is 9.88. The van der Waals surface area contributed by atoms with Crippen molar-refractivity contribution in [1.29, 1.82) is 0 Å². The molecular formula is C15H20N2O2. The van der Waals surface area contributed by atoms with Crippen LogP contribution in [0.3, 0.4) is 0 Å². The number of aliphatic carboxylic acids is 1. The van der Waals surface area contributed by atoms with Crippen molar-refractivity contribution in [3.8, 4) is 0 Å². The fourth-order valence-corrected chi connectivity index (χ4v) is 3.50. The van der Waals surface area contributed by atoms with Gasteiger partial charge in [-0.25, -0.2) is 0 Å². The Morgan fingerprint density at radius 1 is 1.21 bits per heavy atom. The molecule has 4 rings (SSSR count). The van der Waals surface area contributed by atoms with Gasteiger partial charge in [-0.05, 0) is 25.5 Å². The van der Waals surface area contributed by atoms with Crippen LogP contribution >= 0.6 is 0 Å². The van der Waals surface area contributed by atoms with Crippen molar-refractivity contribution in [3.63, 3.8) is 0 Å². The highest BCUT2D eigenvalue weighted by Crippen LogP contribution is 2.34. The molecule has 0 aromatic heterocycles. The molecule has 1 aromatic rings. The summed E-state index contributed by atoms with van der Waals surface area (Å²) in [6, 6.07) is 9.99. The topological polar surface area (TPSA) is 43.8 Å². The van der Waals surface area contributed by atoms with E-state index in [2.05, 4.69) is 16.8 Å². The van der Waals surface area contributed by atoms with Crippen LogP contribution in [0.2, 0.25) is 0 Å². The van der Waals surface area contributed by atoms with E-state index in [0.29, 0.717) is 12.1 Å². The van der Waals surface area contributed by atoms with Gasteiger partial charge in [0.05, 0.1) is 0 Å². The predicted molar refractivity (Wildman–Crippen MR) is 73.0 cm³/mol. The molecule has 3 fully saturated rings. The number of carbonyl (C=O) groups is 1. The number of carboxylic acids is 1. The fraction of sp³-hybridized carbons (Fsp3) is 0.533. The number of piperazine rings is 1. The van der Waals surface area contributed by atoms with Gasteiger partial charge in [0, 0.05) is 25.2 Å². The maximum Gasteiger partial charge on any atom is 0.325 e. The maximum atomic E-state index is 11.7. The summed E-state index contributed by atoms with van der Waals surface area (Å²) in [5.41, 5.74) is 0.894. The van der Waals surface area contributed by atoms with Crippen LogP contribution in [-0.4, -0.2) is 53.1 Å². The summed E-state index contributed by atoms with van der Waals surface area (Å²) < 4.78 is 0. The van der Waals surface area contributed by atoms with Crippen LogP contribution in [0.25, 0.3) is 0 Å². The van der Waals surface area contributed by atoms with E-state index in [4.69, 9.17) is 0 Å². The first-order valence-corrected chi connectivity index (χ1v) is 6.90. The molecule has 0 saturated carbocycles. The number of likely N-dealkylation sites (N-methyl/N-ethyl adjacent to an activating group) is 1. The molecule has 3 unspecified atom stereocenters. The van der Waals surface area contributed by atoms with Crippen LogP contribution in [-0.2, 0) is 4.79 Å². The average molecular weight is 260 g/mol. The molecule has 19 heavy (non-hydrogen) atoms. The molecule has 4 nitrogen and oxygen atoms in total. The summed E-state index contributed by atoms with van der Waals surface area (Å²) in [7, 11) is 2.15. The number of carboxylic acid groups (broad SMARTS) is 1. The normalized spacial score (nSPS) is 29.3. The van der Waals surface area contributed by atoms with E-state index < -0.39 is 12.0 Å². The zero-order valence-corrected chi connectivity index (χ0v) is 11.2. The number of nitrogens with zero attached hydrogens (tertiary/aromatic N) is 2. The maximum absolute atomic E-state index is 11.7. The molecule has 4 heteroatoms. The Morgan fingerprint density at radius 3 is 2.42 bits per heavy atom. The van der Waals surface area contributed by atoms with E-state index in [1.807, 2.05) is 30.3 Å².